The highest BCUT2D eigenvalue weighted by atomic mass is 35.5. The van der Waals surface area contributed by atoms with Crippen molar-refractivity contribution in [2.75, 3.05) is 0 Å². The molecule has 0 aliphatic rings. The van der Waals surface area contributed by atoms with Gasteiger partial charge in [0.15, 0.2) is 5.16 Å². The molecule has 2 aromatic rings. The Balaban J connectivity index is 2.31. The summed E-state index contributed by atoms with van der Waals surface area (Å²) in [6.07, 6.45) is 0. The number of hydrogen-bond donors (Lipinski definition) is 2. The summed E-state index contributed by atoms with van der Waals surface area (Å²) in [6.45, 7) is 4.36. The predicted molar refractivity (Wildman–Crippen MR) is 76.7 cm³/mol. The fourth-order valence-electron chi connectivity index (χ4n) is 1.64. The van der Waals surface area contributed by atoms with Crippen LogP contribution >= 0.6 is 23.4 Å². The number of hydrogen-bond acceptors (Lipinski definition) is 4. The van der Waals surface area contributed by atoms with Gasteiger partial charge in [-0.3, -0.25) is 4.57 Å². The molecule has 1 unspecified atom stereocenters. The molecule has 0 aliphatic heterocycles. The molecule has 0 bridgehead atoms. The number of H-pyrrole nitrogens is 1. The highest BCUT2D eigenvalue weighted by Gasteiger charge is 2.11. The fourth-order valence-corrected chi connectivity index (χ4v) is 2.85. The third-order valence-corrected chi connectivity index (χ3v) is 4.22. The number of nitrogens with zero attached hydrogens (tertiary/aromatic N) is 2. The van der Waals surface area contributed by atoms with Gasteiger partial charge in [0.1, 0.15) is 0 Å². The first-order chi connectivity index (χ1) is 9.02. The summed E-state index contributed by atoms with van der Waals surface area (Å²) in [7, 11) is 0. The summed E-state index contributed by atoms with van der Waals surface area (Å²) < 4.78 is 1.56. The van der Waals surface area contributed by atoms with E-state index in [2.05, 4.69) is 10.2 Å². The zero-order valence-corrected chi connectivity index (χ0v) is 12.3. The minimum Gasteiger partial charge on any atom is -0.324 e. The van der Waals surface area contributed by atoms with Crippen LogP contribution in [0.4, 0.5) is 0 Å². The Bertz CT molecular complexity index is 635. The van der Waals surface area contributed by atoms with E-state index in [0.717, 1.165) is 10.5 Å². The van der Waals surface area contributed by atoms with Gasteiger partial charge in [-0.1, -0.05) is 17.7 Å². The summed E-state index contributed by atoms with van der Waals surface area (Å²) in [4.78, 5) is 12.3. The maximum atomic E-state index is 11.5. The number of rotatable bonds is 4. The number of halogens is 1. The molecule has 2 rings (SSSR count). The fraction of sp³-hybridized carbons (Fsp3) is 0.333. The lowest BCUT2D eigenvalue weighted by molar-refractivity contribution is 0.660. The van der Waals surface area contributed by atoms with Gasteiger partial charge in [-0.15, -0.1) is 5.10 Å². The molecule has 0 saturated heterocycles. The van der Waals surface area contributed by atoms with E-state index in [1.165, 1.54) is 11.8 Å². The second-order valence-corrected chi connectivity index (χ2v) is 5.55. The van der Waals surface area contributed by atoms with Crippen LogP contribution in [0, 0.1) is 0 Å². The maximum absolute atomic E-state index is 11.5. The van der Waals surface area contributed by atoms with Gasteiger partial charge in [0.05, 0.1) is 5.02 Å². The van der Waals surface area contributed by atoms with E-state index in [1.807, 2.05) is 32.0 Å². The van der Waals surface area contributed by atoms with Crippen LogP contribution in [0.25, 0.3) is 0 Å². The molecule has 1 aromatic heterocycles. The first-order valence-electron chi connectivity index (χ1n) is 5.91. The molecular weight excluding hydrogens is 284 g/mol. The Morgan fingerprint density at radius 2 is 2.32 bits per heavy atom. The molecule has 0 fully saturated rings. The Hall–Kier alpha value is -1.24. The molecule has 0 aliphatic carbocycles. The molecule has 5 nitrogen and oxygen atoms in total. The van der Waals surface area contributed by atoms with E-state index in [9.17, 15) is 4.79 Å². The Kier molecular flexibility index (Phi) is 4.34. The van der Waals surface area contributed by atoms with E-state index in [1.54, 1.807) is 4.57 Å². The molecule has 0 amide bonds. The normalized spacial score (nSPS) is 12.6. The van der Waals surface area contributed by atoms with Crippen molar-refractivity contribution in [1.82, 2.24) is 14.8 Å². The second kappa shape index (κ2) is 5.81. The minimum absolute atomic E-state index is 0.0595. The quantitative estimate of drug-likeness (QED) is 0.909. The zero-order valence-electron chi connectivity index (χ0n) is 10.7. The number of benzene rings is 1. The average Bonchev–Trinajstić information content (AvgIpc) is 2.72. The monoisotopic (exact) mass is 298 g/mol. The van der Waals surface area contributed by atoms with Crippen molar-refractivity contribution < 1.29 is 0 Å². The lowest BCUT2D eigenvalue weighted by atomic mass is 10.1. The molecule has 102 valence electrons. The standard InChI is InChI=1S/C12H15ClN4OS/c1-3-17-11(18)15-16-12(17)19-10-5-4-8(7(2)14)6-9(10)13/h4-7H,3,14H2,1-2H3,(H,15,18). The van der Waals surface area contributed by atoms with Crippen LogP contribution in [-0.2, 0) is 6.54 Å². The highest BCUT2D eigenvalue weighted by molar-refractivity contribution is 7.99. The van der Waals surface area contributed by atoms with Crippen molar-refractivity contribution in [3.63, 3.8) is 0 Å². The van der Waals surface area contributed by atoms with Gasteiger partial charge in [-0.2, -0.15) is 0 Å². The molecule has 1 atom stereocenters. The molecule has 7 heteroatoms. The van der Waals surface area contributed by atoms with Crippen molar-refractivity contribution in [3.05, 3.63) is 39.3 Å². The van der Waals surface area contributed by atoms with Gasteiger partial charge >= 0.3 is 5.69 Å². The van der Waals surface area contributed by atoms with Crippen molar-refractivity contribution in [3.8, 4) is 0 Å². The van der Waals surface area contributed by atoms with E-state index in [4.69, 9.17) is 17.3 Å². The summed E-state index contributed by atoms with van der Waals surface area (Å²) in [6, 6.07) is 5.61. The van der Waals surface area contributed by atoms with Crippen LogP contribution in [-0.4, -0.2) is 14.8 Å². The van der Waals surface area contributed by atoms with Crippen molar-refractivity contribution in [2.45, 2.75) is 36.5 Å². The summed E-state index contributed by atoms with van der Waals surface area (Å²) in [5, 5.41) is 7.63. The number of aromatic amines is 1. The SMILES string of the molecule is CCn1c(Sc2ccc(C(C)N)cc2Cl)n[nH]c1=O. The average molecular weight is 299 g/mol. The zero-order chi connectivity index (χ0) is 14.0. The number of nitrogens with one attached hydrogen (secondary N) is 1. The van der Waals surface area contributed by atoms with E-state index in [0.29, 0.717) is 16.7 Å². The number of aromatic nitrogens is 3. The van der Waals surface area contributed by atoms with Crippen LogP contribution in [0.3, 0.4) is 0 Å². The first-order valence-corrected chi connectivity index (χ1v) is 7.10. The van der Waals surface area contributed by atoms with Crippen LogP contribution in [0.2, 0.25) is 5.02 Å². The van der Waals surface area contributed by atoms with Gasteiger partial charge in [-0.25, -0.2) is 9.89 Å². The van der Waals surface area contributed by atoms with Crippen molar-refractivity contribution in [2.24, 2.45) is 5.73 Å². The topological polar surface area (TPSA) is 76.7 Å². The van der Waals surface area contributed by atoms with E-state index in [-0.39, 0.29) is 11.7 Å². The van der Waals surface area contributed by atoms with Gasteiger partial charge in [-0.05, 0) is 43.3 Å². The smallest absolute Gasteiger partial charge is 0.324 e. The molecule has 1 aromatic carbocycles. The summed E-state index contributed by atoms with van der Waals surface area (Å²) in [5.41, 5.74) is 6.57. The summed E-state index contributed by atoms with van der Waals surface area (Å²) >= 11 is 7.58. The van der Waals surface area contributed by atoms with Gasteiger partial charge in [0.25, 0.3) is 0 Å². The van der Waals surface area contributed by atoms with Crippen molar-refractivity contribution >= 4 is 23.4 Å². The maximum Gasteiger partial charge on any atom is 0.343 e. The lowest BCUT2D eigenvalue weighted by Gasteiger charge is -2.09. The highest BCUT2D eigenvalue weighted by Crippen LogP contribution is 2.33. The van der Waals surface area contributed by atoms with E-state index < -0.39 is 0 Å². The largest absolute Gasteiger partial charge is 0.343 e. The van der Waals surface area contributed by atoms with Crippen LogP contribution in [0.15, 0.2) is 33.0 Å². The molecular formula is C12H15ClN4OS. The van der Waals surface area contributed by atoms with Gasteiger partial charge < -0.3 is 5.73 Å². The van der Waals surface area contributed by atoms with Gasteiger partial charge in [0.2, 0.25) is 0 Å². The first kappa shape index (κ1) is 14.2. The van der Waals surface area contributed by atoms with E-state index >= 15 is 0 Å². The Morgan fingerprint density at radius 3 is 2.89 bits per heavy atom. The third-order valence-electron chi connectivity index (χ3n) is 2.72. The molecule has 1 heterocycles. The van der Waals surface area contributed by atoms with Crippen LogP contribution in [0.1, 0.15) is 25.5 Å². The molecule has 0 saturated carbocycles. The second-order valence-electron chi connectivity index (χ2n) is 4.14. The summed E-state index contributed by atoms with van der Waals surface area (Å²) in [5.74, 6) is 0. The van der Waals surface area contributed by atoms with Crippen LogP contribution < -0.4 is 11.4 Å². The van der Waals surface area contributed by atoms with Crippen LogP contribution in [0.5, 0.6) is 0 Å². The minimum atomic E-state index is -0.215. The molecule has 0 radical (unpaired) electrons. The predicted octanol–water partition coefficient (Wildman–Crippen LogP) is 2.42. The third kappa shape index (κ3) is 3.02. The Labute approximate surface area is 120 Å². The molecule has 19 heavy (non-hydrogen) atoms. The van der Waals surface area contributed by atoms with Crippen molar-refractivity contribution in [1.29, 1.82) is 0 Å². The molecule has 0 spiro atoms. The Morgan fingerprint density at radius 1 is 1.58 bits per heavy atom. The number of nitrogens with two attached hydrogens (primary N) is 1. The molecule has 3 N–H and O–H groups in total. The lowest BCUT2D eigenvalue weighted by Crippen LogP contribution is -2.16. The van der Waals surface area contributed by atoms with Gasteiger partial charge in [0, 0.05) is 17.5 Å².